The number of thiophene rings is 1. The summed E-state index contributed by atoms with van der Waals surface area (Å²) in [6.45, 7) is 2.01. The lowest BCUT2D eigenvalue weighted by atomic mass is 9.79. The number of sulfonamides is 1. The number of ether oxygens (including phenoxy) is 2. The first-order valence-electron chi connectivity index (χ1n) is 9.49. The lowest BCUT2D eigenvalue weighted by Crippen LogP contribution is -2.50. The zero-order valence-corrected chi connectivity index (χ0v) is 17.5. The molecule has 1 atom stereocenters. The Morgan fingerprint density at radius 3 is 2.93 bits per heavy atom. The number of piperidine rings is 1. The first-order valence-corrected chi connectivity index (χ1v) is 11.8. The number of rotatable bonds is 6. The van der Waals surface area contributed by atoms with E-state index in [1.165, 1.54) is 11.3 Å². The third-order valence-corrected chi connectivity index (χ3v) is 8.84. The van der Waals surface area contributed by atoms with Crippen LogP contribution in [0.2, 0.25) is 0 Å². The second-order valence-corrected chi connectivity index (χ2v) is 10.6. The molecule has 8 nitrogen and oxygen atoms in total. The van der Waals surface area contributed by atoms with Gasteiger partial charge in [0.15, 0.2) is 5.82 Å². The molecular weight excluding hydrogens is 402 g/mol. The Hall–Kier alpha value is -1.33. The summed E-state index contributed by atoms with van der Waals surface area (Å²) in [4.78, 5) is 4.37. The molecule has 0 N–H and O–H groups in total. The second-order valence-electron chi connectivity index (χ2n) is 7.47. The minimum absolute atomic E-state index is 0.250. The van der Waals surface area contributed by atoms with Crippen molar-refractivity contribution in [1.29, 1.82) is 0 Å². The van der Waals surface area contributed by atoms with Gasteiger partial charge in [0.25, 0.3) is 10.0 Å². The summed E-state index contributed by atoms with van der Waals surface area (Å²) in [5.74, 6) is 1.59. The predicted octanol–water partition coefficient (Wildman–Crippen LogP) is 2.47. The van der Waals surface area contributed by atoms with Crippen LogP contribution >= 0.6 is 11.3 Å². The number of aromatic nitrogens is 2. The largest absolute Gasteiger partial charge is 0.377 e. The average molecular weight is 428 g/mol. The normalized spacial score (nSPS) is 23.2. The molecule has 0 bridgehead atoms. The van der Waals surface area contributed by atoms with Crippen molar-refractivity contribution >= 4 is 21.4 Å². The highest BCUT2D eigenvalue weighted by Gasteiger charge is 2.43. The van der Waals surface area contributed by atoms with Crippen LogP contribution in [0.3, 0.4) is 0 Å². The molecule has 0 radical (unpaired) electrons. The van der Waals surface area contributed by atoms with Gasteiger partial charge in [-0.15, -0.1) is 11.3 Å². The topological polar surface area (TPSA) is 94.8 Å². The highest BCUT2D eigenvalue weighted by molar-refractivity contribution is 7.91. The monoisotopic (exact) mass is 427 g/mol. The SMILES string of the molecule is COCc1noc(CC2CCOC3(CCN(S(=O)(=O)c4cccs4)CC3)C2)n1. The van der Waals surface area contributed by atoms with Crippen molar-refractivity contribution in [2.75, 3.05) is 26.8 Å². The molecule has 0 aromatic carbocycles. The van der Waals surface area contributed by atoms with Crippen LogP contribution in [-0.4, -0.2) is 55.3 Å². The van der Waals surface area contributed by atoms with Gasteiger partial charge in [0.1, 0.15) is 10.8 Å². The van der Waals surface area contributed by atoms with Crippen LogP contribution in [0, 0.1) is 5.92 Å². The van der Waals surface area contributed by atoms with Crippen LogP contribution in [0.1, 0.15) is 37.4 Å². The van der Waals surface area contributed by atoms with Gasteiger partial charge in [0, 0.05) is 33.2 Å². The van der Waals surface area contributed by atoms with Gasteiger partial charge in [-0.25, -0.2) is 8.42 Å². The van der Waals surface area contributed by atoms with Gasteiger partial charge in [-0.1, -0.05) is 11.2 Å². The van der Waals surface area contributed by atoms with Gasteiger partial charge in [0.05, 0.1) is 5.60 Å². The number of hydrogen-bond donors (Lipinski definition) is 0. The first kappa shape index (κ1) is 20.0. The quantitative estimate of drug-likeness (QED) is 0.699. The number of nitrogens with zero attached hydrogens (tertiary/aromatic N) is 3. The maximum Gasteiger partial charge on any atom is 0.252 e. The molecule has 2 aliphatic heterocycles. The van der Waals surface area contributed by atoms with E-state index < -0.39 is 10.0 Å². The van der Waals surface area contributed by atoms with E-state index >= 15 is 0 Å². The van der Waals surface area contributed by atoms with E-state index in [1.54, 1.807) is 28.9 Å². The third kappa shape index (κ3) is 4.16. The fourth-order valence-electron chi connectivity index (χ4n) is 4.13. The van der Waals surface area contributed by atoms with Gasteiger partial charge in [-0.3, -0.25) is 0 Å². The van der Waals surface area contributed by atoms with Crippen LogP contribution < -0.4 is 0 Å². The Labute approximate surface area is 168 Å². The maximum absolute atomic E-state index is 12.7. The molecule has 154 valence electrons. The number of hydrogen-bond acceptors (Lipinski definition) is 8. The van der Waals surface area contributed by atoms with Crippen LogP contribution in [0.4, 0.5) is 0 Å². The van der Waals surface area contributed by atoms with E-state index in [1.807, 2.05) is 0 Å². The lowest BCUT2D eigenvalue weighted by Gasteiger charge is -2.45. The van der Waals surface area contributed by atoms with Crippen molar-refractivity contribution in [2.45, 2.75) is 48.5 Å². The molecule has 4 rings (SSSR count). The van der Waals surface area contributed by atoms with Crippen molar-refractivity contribution in [2.24, 2.45) is 5.92 Å². The van der Waals surface area contributed by atoms with E-state index in [2.05, 4.69) is 10.1 Å². The Morgan fingerprint density at radius 2 is 2.21 bits per heavy atom. The molecule has 1 spiro atoms. The zero-order valence-electron chi connectivity index (χ0n) is 15.9. The van der Waals surface area contributed by atoms with E-state index in [0.717, 1.165) is 19.3 Å². The van der Waals surface area contributed by atoms with Crippen molar-refractivity contribution in [3.63, 3.8) is 0 Å². The Bertz CT molecular complexity index is 873. The van der Waals surface area contributed by atoms with E-state index in [-0.39, 0.29) is 5.60 Å². The van der Waals surface area contributed by atoms with Crippen LogP contribution in [-0.2, 0) is 32.5 Å². The molecular formula is C18H25N3O5S2. The Kier molecular flexibility index (Phi) is 5.84. The fraction of sp³-hybridized carbons (Fsp3) is 0.667. The van der Waals surface area contributed by atoms with Crippen LogP contribution in [0.15, 0.2) is 26.2 Å². The Morgan fingerprint density at radius 1 is 1.39 bits per heavy atom. The highest BCUT2D eigenvalue weighted by Crippen LogP contribution is 2.40. The van der Waals surface area contributed by atoms with Crippen LogP contribution in [0.25, 0.3) is 0 Å². The predicted molar refractivity (Wildman–Crippen MR) is 102 cm³/mol. The number of methoxy groups -OCH3 is 1. The van der Waals surface area contributed by atoms with E-state index in [9.17, 15) is 8.42 Å². The summed E-state index contributed by atoms with van der Waals surface area (Å²) in [7, 11) is -1.79. The maximum atomic E-state index is 12.7. The molecule has 4 heterocycles. The van der Waals surface area contributed by atoms with Gasteiger partial charge in [0.2, 0.25) is 5.89 Å². The third-order valence-electron chi connectivity index (χ3n) is 5.56. The highest BCUT2D eigenvalue weighted by atomic mass is 32.2. The zero-order chi connectivity index (χ0) is 19.6. The standard InChI is InChI=1S/C18H25N3O5S2/c1-24-13-15-19-16(26-20-15)11-14-4-9-25-18(12-14)5-7-21(8-6-18)28(22,23)17-3-2-10-27-17/h2-3,10,14H,4-9,11-13H2,1H3. The molecule has 0 saturated carbocycles. The van der Waals surface area contributed by atoms with Crippen molar-refractivity contribution in [3.8, 4) is 0 Å². The minimum atomic E-state index is -3.39. The molecule has 2 aromatic rings. The van der Waals surface area contributed by atoms with E-state index in [4.69, 9.17) is 14.0 Å². The fourth-order valence-corrected chi connectivity index (χ4v) is 6.72. The smallest absolute Gasteiger partial charge is 0.252 e. The summed E-state index contributed by atoms with van der Waals surface area (Å²) in [5.41, 5.74) is -0.250. The molecule has 1 unspecified atom stereocenters. The molecule has 10 heteroatoms. The Balaban J connectivity index is 1.37. The lowest BCUT2D eigenvalue weighted by molar-refractivity contribution is -0.121. The summed E-state index contributed by atoms with van der Waals surface area (Å²) in [5, 5.41) is 5.72. The molecule has 2 aromatic heterocycles. The molecule has 2 aliphatic rings. The molecule has 0 amide bonds. The van der Waals surface area contributed by atoms with Crippen molar-refractivity contribution in [3.05, 3.63) is 29.2 Å². The summed E-state index contributed by atoms with van der Waals surface area (Å²) in [6, 6.07) is 3.44. The minimum Gasteiger partial charge on any atom is -0.377 e. The summed E-state index contributed by atoms with van der Waals surface area (Å²) < 4.78 is 44.0. The summed E-state index contributed by atoms with van der Waals surface area (Å²) in [6.07, 6.45) is 3.99. The van der Waals surface area contributed by atoms with Gasteiger partial charge < -0.3 is 14.0 Å². The summed E-state index contributed by atoms with van der Waals surface area (Å²) >= 11 is 1.26. The second kappa shape index (κ2) is 8.19. The van der Waals surface area contributed by atoms with Gasteiger partial charge in [-0.05, 0) is 43.0 Å². The molecule has 28 heavy (non-hydrogen) atoms. The molecule has 0 aliphatic carbocycles. The van der Waals surface area contributed by atoms with Crippen molar-refractivity contribution < 1.29 is 22.4 Å². The first-order chi connectivity index (χ1) is 13.5. The van der Waals surface area contributed by atoms with E-state index in [0.29, 0.717) is 61.0 Å². The van der Waals surface area contributed by atoms with Gasteiger partial charge in [-0.2, -0.15) is 9.29 Å². The average Bonchev–Trinajstić information content (AvgIpc) is 3.35. The van der Waals surface area contributed by atoms with Crippen molar-refractivity contribution in [1.82, 2.24) is 14.4 Å². The van der Waals surface area contributed by atoms with Crippen LogP contribution in [0.5, 0.6) is 0 Å². The van der Waals surface area contributed by atoms with Gasteiger partial charge >= 0.3 is 0 Å². The molecule has 2 saturated heterocycles. The molecule has 2 fully saturated rings.